The second kappa shape index (κ2) is 4.98. The molecular weight excluding hydrogens is 194 g/mol. The van der Waals surface area contributed by atoms with Gasteiger partial charge in [0.1, 0.15) is 11.8 Å². The van der Waals surface area contributed by atoms with E-state index in [0.29, 0.717) is 11.3 Å². The van der Waals surface area contributed by atoms with Crippen molar-refractivity contribution in [2.24, 2.45) is 5.84 Å². The Balaban J connectivity index is 2.94. The van der Waals surface area contributed by atoms with Crippen LogP contribution in [0.2, 0.25) is 0 Å². The van der Waals surface area contributed by atoms with Crippen LogP contribution in [0.25, 0.3) is 0 Å². The predicted molar refractivity (Wildman–Crippen MR) is 53.7 cm³/mol. The molecule has 0 atom stereocenters. The van der Waals surface area contributed by atoms with Crippen molar-refractivity contribution in [3.8, 4) is 11.8 Å². The minimum Gasteiger partial charge on any atom is -0.495 e. The van der Waals surface area contributed by atoms with Gasteiger partial charge in [0.2, 0.25) is 5.91 Å². The van der Waals surface area contributed by atoms with Gasteiger partial charge < -0.3 is 4.74 Å². The van der Waals surface area contributed by atoms with Crippen LogP contribution in [-0.4, -0.2) is 13.0 Å². The second-order valence-electron chi connectivity index (χ2n) is 2.89. The molecule has 5 nitrogen and oxygen atoms in total. The minimum absolute atomic E-state index is 0.148. The van der Waals surface area contributed by atoms with Gasteiger partial charge in [-0.3, -0.25) is 10.2 Å². The van der Waals surface area contributed by atoms with E-state index in [0.717, 1.165) is 5.56 Å². The molecule has 1 rings (SSSR count). The molecule has 0 aliphatic carbocycles. The van der Waals surface area contributed by atoms with Crippen LogP contribution >= 0.6 is 0 Å². The molecule has 0 aromatic heterocycles. The van der Waals surface area contributed by atoms with E-state index in [4.69, 9.17) is 15.8 Å². The van der Waals surface area contributed by atoms with Gasteiger partial charge in [-0.25, -0.2) is 5.84 Å². The Kier molecular flexibility index (Phi) is 3.66. The quantitative estimate of drug-likeness (QED) is 0.416. The lowest BCUT2D eigenvalue weighted by molar-refractivity contribution is -0.120. The van der Waals surface area contributed by atoms with Crippen LogP contribution in [0.5, 0.6) is 5.75 Å². The van der Waals surface area contributed by atoms with E-state index in [9.17, 15) is 4.79 Å². The Morgan fingerprint density at radius 3 is 2.93 bits per heavy atom. The molecular formula is C10H11N3O2. The zero-order valence-corrected chi connectivity index (χ0v) is 8.28. The Hall–Kier alpha value is -2.06. The van der Waals surface area contributed by atoms with Gasteiger partial charge in [-0.2, -0.15) is 5.26 Å². The number of nitrogens with two attached hydrogens (primary N) is 1. The average Bonchev–Trinajstić information content (AvgIpc) is 2.28. The monoisotopic (exact) mass is 205 g/mol. The van der Waals surface area contributed by atoms with Crippen LogP contribution < -0.4 is 16.0 Å². The summed E-state index contributed by atoms with van der Waals surface area (Å²) in [5.74, 6) is 5.15. The molecule has 0 fully saturated rings. The van der Waals surface area contributed by atoms with Gasteiger partial charge >= 0.3 is 0 Å². The summed E-state index contributed by atoms with van der Waals surface area (Å²) in [5.41, 5.74) is 3.15. The fourth-order valence-corrected chi connectivity index (χ4v) is 1.19. The summed E-state index contributed by atoms with van der Waals surface area (Å²) in [7, 11) is 1.49. The van der Waals surface area contributed by atoms with Gasteiger partial charge in [-0.15, -0.1) is 0 Å². The summed E-state index contributed by atoms with van der Waals surface area (Å²) in [6.07, 6.45) is 0.148. The number of nitrogens with one attached hydrogen (secondary N) is 1. The Morgan fingerprint density at radius 2 is 2.40 bits per heavy atom. The molecule has 0 aliphatic rings. The number of carbonyl (C=O) groups excluding carboxylic acids is 1. The summed E-state index contributed by atoms with van der Waals surface area (Å²) >= 11 is 0. The maximum absolute atomic E-state index is 11.0. The molecule has 0 heterocycles. The van der Waals surface area contributed by atoms with Crippen LogP contribution in [0.3, 0.4) is 0 Å². The van der Waals surface area contributed by atoms with Gasteiger partial charge in [-0.1, -0.05) is 6.07 Å². The molecule has 0 spiro atoms. The number of hydrogen-bond donors (Lipinski definition) is 2. The van der Waals surface area contributed by atoms with Gasteiger partial charge in [-0.05, 0) is 17.7 Å². The summed E-state index contributed by atoms with van der Waals surface area (Å²) < 4.78 is 4.97. The van der Waals surface area contributed by atoms with E-state index in [-0.39, 0.29) is 12.3 Å². The van der Waals surface area contributed by atoms with Crippen LogP contribution in [0, 0.1) is 11.3 Å². The fourth-order valence-electron chi connectivity index (χ4n) is 1.19. The highest BCUT2D eigenvalue weighted by Gasteiger charge is 2.06. The first-order valence-electron chi connectivity index (χ1n) is 4.27. The van der Waals surface area contributed by atoms with E-state index < -0.39 is 0 Å². The lowest BCUT2D eigenvalue weighted by Crippen LogP contribution is -2.31. The molecule has 1 amide bonds. The van der Waals surface area contributed by atoms with Gasteiger partial charge in [0.25, 0.3) is 0 Å². The Bertz CT molecular complexity index is 410. The maximum atomic E-state index is 11.0. The van der Waals surface area contributed by atoms with Crippen molar-refractivity contribution in [3.63, 3.8) is 0 Å². The minimum atomic E-state index is -0.302. The molecule has 5 heteroatoms. The van der Waals surface area contributed by atoms with Crippen molar-refractivity contribution in [2.75, 3.05) is 7.11 Å². The Labute approximate surface area is 87.4 Å². The topological polar surface area (TPSA) is 88.1 Å². The number of ether oxygens (including phenoxy) is 1. The van der Waals surface area contributed by atoms with E-state index in [1.165, 1.54) is 7.11 Å². The van der Waals surface area contributed by atoms with Crippen molar-refractivity contribution in [1.82, 2.24) is 5.43 Å². The Morgan fingerprint density at radius 1 is 1.67 bits per heavy atom. The normalized spacial score (nSPS) is 9.13. The van der Waals surface area contributed by atoms with Gasteiger partial charge in [0.15, 0.2) is 0 Å². The first-order valence-corrected chi connectivity index (χ1v) is 4.27. The number of hydrogen-bond acceptors (Lipinski definition) is 4. The summed E-state index contributed by atoms with van der Waals surface area (Å²) in [6.45, 7) is 0. The first kappa shape index (κ1) is 11.0. The second-order valence-corrected chi connectivity index (χ2v) is 2.89. The number of carbonyl (C=O) groups is 1. The highest BCUT2D eigenvalue weighted by molar-refractivity contribution is 5.78. The molecule has 0 bridgehead atoms. The molecule has 0 aliphatic heterocycles. The third-order valence-corrected chi connectivity index (χ3v) is 1.91. The number of nitrogens with zero attached hydrogens (tertiary/aromatic N) is 1. The molecule has 0 saturated heterocycles. The van der Waals surface area contributed by atoms with Gasteiger partial charge in [0.05, 0.1) is 19.1 Å². The summed E-state index contributed by atoms with van der Waals surface area (Å²) in [4.78, 5) is 11.0. The van der Waals surface area contributed by atoms with Crippen molar-refractivity contribution in [2.45, 2.75) is 6.42 Å². The smallest absolute Gasteiger partial charge is 0.238 e. The highest BCUT2D eigenvalue weighted by atomic mass is 16.5. The molecule has 0 unspecified atom stereocenters. The van der Waals surface area contributed by atoms with Gasteiger partial charge in [0, 0.05) is 0 Å². The maximum Gasteiger partial charge on any atom is 0.238 e. The van der Waals surface area contributed by atoms with Crippen LogP contribution in [0.4, 0.5) is 0 Å². The zero-order valence-electron chi connectivity index (χ0n) is 8.28. The van der Waals surface area contributed by atoms with E-state index in [1.54, 1.807) is 18.2 Å². The number of methoxy groups -OCH3 is 1. The molecule has 1 aromatic rings. The number of amides is 1. The lowest BCUT2D eigenvalue weighted by Gasteiger charge is -2.05. The molecule has 3 N–H and O–H groups in total. The molecule has 1 aromatic carbocycles. The van der Waals surface area contributed by atoms with Crippen molar-refractivity contribution >= 4 is 5.91 Å². The predicted octanol–water partition coefficient (Wildman–Crippen LogP) is 0.0993. The zero-order chi connectivity index (χ0) is 11.3. The number of rotatable bonds is 3. The summed E-state index contributed by atoms with van der Waals surface area (Å²) in [5, 5.41) is 8.81. The third kappa shape index (κ3) is 2.69. The number of benzene rings is 1. The standard InChI is InChI=1S/C10H11N3O2/c1-15-9-3-2-7(4-8(9)6-11)5-10(14)13-12/h2-4H,5,12H2,1H3,(H,13,14). The van der Waals surface area contributed by atoms with Crippen LogP contribution in [0.15, 0.2) is 18.2 Å². The lowest BCUT2D eigenvalue weighted by atomic mass is 10.1. The van der Waals surface area contributed by atoms with Crippen LogP contribution in [0.1, 0.15) is 11.1 Å². The van der Waals surface area contributed by atoms with E-state index in [1.807, 2.05) is 11.5 Å². The van der Waals surface area contributed by atoms with Crippen molar-refractivity contribution in [1.29, 1.82) is 5.26 Å². The third-order valence-electron chi connectivity index (χ3n) is 1.91. The van der Waals surface area contributed by atoms with Crippen LogP contribution in [-0.2, 0) is 11.2 Å². The van der Waals surface area contributed by atoms with Crippen molar-refractivity contribution in [3.05, 3.63) is 29.3 Å². The molecule has 0 radical (unpaired) electrons. The SMILES string of the molecule is COc1ccc(CC(=O)NN)cc1C#N. The highest BCUT2D eigenvalue weighted by Crippen LogP contribution is 2.18. The number of nitriles is 1. The summed E-state index contributed by atoms with van der Waals surface area (Å²) in [6, 6.07) is 6.96. The molecule has 78 valence electrons. The number of hydrazine groups is 1. The van der Waals surface area contributed by atoms with E-state index >= 15 is 0 Å². The first-order chi connectivity index (χ1) is 7.21. The molecule has 15 heavy (non-hydrogen) atoms. The largest absolute Gasteiger partial charge is 0.495 e. The van der Waals surface area contributed by atoms with Crippen molar-refractivity contribution < 1.29 is 9.53 Å². The van der Waals surface area contributed by atoms with E-state index in [2.05, 4.69) is 0 Å². The fraction of sp³-hybridized carbons (Fsp3) is 0.200. The average molecular weight is 205 g/mol. The molecule has 0 saturated carbocycles.